The van der Waals surface area contributed by atoms with E-state index in [2.05, 4.69) is 4.98 Å². The lowest BCUT2D eigenvalue weighted by atomic mass is 10.1. The van der Waals surface area contributed by atoms with Crippen LogP contribution in [0.25, 0.3) is 10.6 Å². The Morgan fingerprint density at radius 1 is 1.44 bits per heavy atom. The van der Waals surface area contributed by atoms with Crippen molar-refractivity contribution in [1.29, 1.82) is 0 Å². The molecule has 0 saturated carbocycles. The van der Waals surface area contributed by atoms with Gasteiger partial charge in [-0.2, -0.15) is 0 Å². The molecular formula is C13H12FNO2S. The van der Waals surface area contributed by atoms with Gasteiger partial charge in [-0.3, -0.25) is 4.79 Å². The van der Waals surface area contributed by atoms with E-state index < -0.39 is 0 Å². The van der Waals surface area contributed by atoms with Crippen LogP contribution in [-0.4, -0.2) is 15.9 Å². The van der Waals surface area contributed by atoms with Crippen LogP contribution in [0.1, 0.15) is 23.5 Å². The fourth-order valence-electron chi connectivity index (χ4n) is 1.48. The van der Waals surface area contributed by atoms with Gasteiger partial charge in [0.15, 0.2) is 5.78 Å². The Bertz CT molecular complexity index is 592. The van der Waals surface area contributed by atoms with Crippen molar-refractivity contribution in [3.05, 3.63) is 35.0 Å². The van der Waals surface area contributed by atoms with E-state index in [1.54, 1.807) is 26.0 Å². The SMILES string of the molecule is CC(C)C(=O)c1sc(-c2cccc(F)c2)nc1O. The predicted octanol–water partition coefficient (Wildman–Crippen LogP) is 3.49. The van der Waals surface area contributed by atoms with Crippen LogP contribution in [0.15, 0.2) is 24.3 Å². The van der Waals surface area contributed by atoms with E-state index in [0.717, 1.165) is 11.3 Å². The van der Waals surface area contributed by atoms with E-state index in [-0.39, 0.29) is 28.3 Å². The normalized spacial score (nSPS) is 10.9. The quantitative estimate of drug-likeness (QED) is 0.864. The van der Waals surface area contributed by atoms with Gasteiger partial charge in [-0.05, 0) is 12.1 Å². The summed E-state index contributed by atoms with van der Waals surface area (Å²) in [5.41, 5.74) is 0.554. The molecule has 0 bridgehead atoms. The zero-order chi connectivity index (χ0) is 13.3. The number of benzene rings is 1. The van der Waals surface area contributed by atoms with Gasteiger partial charge in [-0.25, -0.2) is 9.37 Å². The van der Waals surface area contributed by atoms with Gasteiger partial charge in [0.25, 0.3) is 0 Å². The van der Waals surface area contributed by atoms with Gasteiger partial charge in [0.2, 0.25) is 5.88 Å². The number of nitrogens with zero attached hydrogens (tertiary/aromatic N) is 1. The second-order valence-corrected chi connectivity index (χ2v) is 5.20. The summed E-state index contributed by atoms with van der Waals surface area (Å²) >= 11 is 1.08. The Morgan fingerprint density at radius 3 is 2.78 bits per heavy atom. The lowest BCUT2D eigenvalue weighted by Crippen LogP contribution is -2.05. The molecule has 0 unspecified atom stereocenters. The van der Waals surface area contributed by atoms with E-state index in [1.807, 2.05) is 0 Å². The van der Waals surface area contributed by atoms with Gasteiger partial charge >= 0.3 is 0 Å². The highest BCUT2D eigenvalue weighted by Gasteiger charge is 2.20. The number of halogens is 1. The van der Waals surface area contributed by atoms with Crippen LogP contribution in [0.2, 0.25) is 0 Å². The van der Waals surface area contributed by atoms with Gasteiger partial charge in [0.05, 0.1) is 0 Å². The Morgan fingerprint density at radius 2 is 2.17 bits per heavy atom. The number of rotatable bonds is 3. The molecule has 18 heavy (non-hydrogen) atoms. The lowest BCUT2D eigenvalue weighted by molar-refractivity contribution is 0.0940. The average molecular weight is 265 g/mol. The number of hydrogen-bond donors (Lipinski definition) is 1. The first kappa shape index (κ1) is 12.7. The highest BCUT2D eigenvalue weighted by atomic mass is 32.1. The van der Waals surface area contributed by atoms with Crippen molar-refractivity contribution in [2.75, 3.05) is 0 Å². The third-order valence-corrected chi connectivity index (χ3v) is 3.54. The van der Waals surface area contributed by atoms with Gasteiger partial charge in [-0.1, -0.05) is 26.0 Å². The molecule has 0 aliphatic carbocycles. The summed E-state index contributed by atoms with van der Waals surface area (Å²) in [4.78, 5) is 16.0. The monoisotopic (exact) mass is 265 g/mol. The summed E-state index contributed by atoms with van der Waals surface area (Å²) in [6, 6.07) is 5.90. The first-order chi connectivity index (χ1) is 8.49. The highest BCUT2D eigenvalue weighted by molar-refractivity contribution is 7.17. The number of aromatic nitrogens is 1. The minimum absolute atomic E-state index is 0.160. The first-order valence-electron chi connectivity index (χ1n) is 5.49. The molecule has 0 fully saturated rings. The average Bonchev–Trinajstić information content (AvgIpc) is 2.70. The Balaban J connectivity index is 2.43. The van der Waals surface area contributed by atoms with E-state index in [4.69, 9.17) is 0 Å². The van der Waals surface area contributed by atoms with E-state index >= 15 is 0 Å². The van der Waals surface area contributed by atoms with Crippen LogP contribution in [-0.2, 0) is 0 Å². The standard InChI is InChI=1S/C13H12FNO2S/c1-7(2)10(16)11-12(17)15-13(18-11)8-4-3-5-9(14)6-8/h3-7,17H,1-2H3. The van der Waals surface area contributed by atoms with Crippen LogP contribution in [0.5, 0.6) is 5.88 Å². The number of hydrogen-bond acceptors (Lipinski definition) is 4. The van der Waals surface area contributed by atoms with E-state index in [0.29, 0.717) is 10.6 Å². The summed E-state index contributed by atoms with van der Waals surface area (Å²) < 4.78 is 13.1. The fourth-order valence-corrected chi connectivity index (χ4v) is 2.52. The number of thiazole rings is 1. The molecule has 5 heteroatoms. The Kier molecular flexibility index (Phi) is 3.43. The third-order valence-electron chi connectivity index (χ3n) is 2.43. The molecule has 0 saturated heterocycles. The number of aromatic hydroxyl groups is 1. The van der Waals surface area contributed by atoms with Crippen molar-refractivity contribution >= 4 is 17.1 Å². The summed E-state index contributed by atoms with van der Waals surface area (Å²) in [6.45, 7) is 3.51. The van der Waals surface area contributed by atoms with Gasteiger partial charge in [0, 0.05) is 11.5 Å². The zero-order valence-electron chi connectivity index (χ0n) is 9.98. The summed E-state index contributed by atoms with van der Waals surface area (Å²) in [7, 11) is 0. The molecule has 94 valence electrons. The molecule has 1 heterocycles. The Labute approximate surface area is 108 Å². The van der Waals surface area contributed by atoms with Crippen molar-refractivity contribution in [2.45, 2.75) is 13.8 Å². The van der Waals surface area contributed by atoms with Crippen molar-refractivity contribution in [2.24, 2.45) is 5.92 Å². The van der Waals surface area contributed by atoms with E-state index in [9.17, 15) is 14.3 Å². The molecule has 2 aromatic rings. The molecule has 0 aliphatic rings. The molecule has 0 amide bonds. The molecule has 0 spiro atoms. The smallest absolute Gasteiger partial charge is 0.233 e. The number of ketones is 1. The molecule has 1 N–H and O–H groups in total. The Hall–Kier alpha value is -1.75. The molecule has 1 aromatic carbocycles. The van der Waals surface area contributed by atoms with Gasteiger partial charge in [-0.15, -0.1) is 11.3 Å². The van der Waals surface area contributed by atoms with Gasteiger partial charge in [0.1, 0.15) is 15.7 Å². The maximum absolute atomic E-state index is 13.1. The van der Waals surface area contributed by atoms with Crippen molar-refractivity contribution in [3.63, 3.8) is 0 Å². The fraction of sp³-hybridized carbons (Fsp3) is 0.231. The maximum atomic E-state index is 13.1. The number of carbonyl (C=O) groups excluding carboxylic acids is 1. The summed E-state index contributed by atoms with van der Waals surface area (Å²) in [5.74, 6) is -1.03. The summed E-state index contributed by atoms with van der Waals surface area (Å²) in [5, 5.41) is 10.1. The maximum Gasteiger partial charge on any atom is 0.233 e. The predicted molar refractivity (Wildman–Crippen MR) is 68.3 cm³/mol. The molecule has 3 nitrogen and oxygen atoms in total. The van der Waals surface area contributed by atoms with Crippen molar-refractivity contribution in [3.8, 4) is 16.5 Å². The van der Waals surface area contributed by atoms with Crippen LogP contribution >= 0.6 is 11.3 Å². The first-order valence-corrected chi connectivity index (χ1v) is 6.30. The third kappa shape index (κ3) is 2.41. The molecule has 0 atom stereocenters. The molecule has 1 aromatic heterocycles. The largest absolute Gasteiger partial charge is 0.492 e. The van der Waals surface area contributed by atoms with Crippen LogP contribution in [0.4, 0.5) is 4.39 Å². The van der Waals surface area contributed by atoms with Crippen LogP contribution < -0.4 is 0 Å². The molecule has 0 aliphatic heterocycles. The number of Topliss-reactive ketones (excluding diaryl/α,β-unsaturated/α-hetero) is 1. The van der Waals surface area contributed by atoms with Crippen molar-refractivity contribution in [1.82, 2.24) is 4.98 Å². The molecule has 2 rings (SSSR count). The van der Waals surface area contributed by atoms with Gasteiger partial charge < -0.3 is 5.11 Å². The minimum Gasteiger partial charge on any atom is -0.492 e. The van der Waals surface area contributed by atoms with Crippen LogP contribution in [0.3, 0.4) is 0 Å². The highest BCUT2D eigenvalue weighted by Crippen LogP contribution is 2.33. The van der Waals surface area contributed by atoms with Crippen molar-refractivity contribution < 1.29 is 14.3 Å². The minimum atomic E-state index is -0.376. The van der Waals surface area contributed by atoms with E-state index in [1.165, 1.54) is 12.1 Å². The molecular weight excluding hydrogens is 253 g/mol. The second-order valence-electron chi connectivity index (χ2n) is 4.20. The van der Waals surface area contributed by atoms with Crippen LogP contribution in [0, 0.1) is 11.7 Å². The lowest BCUT2D eigenvalue weighted by Gasteiger charge is -1.99. The zero-order valence-corrected chi connectivity index (χ0v) is 10.8. The molecule has 0 radical (unpaired) electrons. The topological polar surface area (TPSA) is 50.2 Å². The number of carbonyl (C=O) groups is 1. The summed E-state index contributed by atoms with van der Waals surface area (Å²) in [6.07, 6.45) is 0. The second kappa shape index (κ2) is 4.86.